The smallest absolute Gasteiger partial charge is 0.253 e. The Morgan fingerprint density at radius 1 is 1.00 bits per heavy atom. The van der Waals surface area contributed by atoms with Gasteiger partial charge in [0.1, 0.15) is 17.5 Å². The van der Waals surface area contributed by atoms with Crippen LogP contribution in [0.5, 0.6) is 0 Å². The summed E-state index contributed by atoms with van der Waals surface area (Å²) in [5.41, 5.74) is 4.12. The van der Waals surface area contributed by atoms with Crippen molar-refractivity contribution in [2.45, 2.75) is 31.9 Å². The van der Waals surface area contributed by atoms with Gasteiger partial charge in [0.15, 0.2) is 0 Å². The number of fused-ring (bicyclic) bond motifs is 1. The summed E-state index contributed by atoms with van der Waals surface area (Å²) in [6.07, 6.45) is 1.59. The van der Waals surface area contributed by atoms with E-state index in [4.69, 9.17) is 0 Å². The van der Waals surface area contributed by atoms with Crippen molar-refractivity contribution in [3.05, 3.63) is 119 Å². The Morgan fingerprint density at radius 2 is 1.77 bits per heavy atom. The number of nitrogens with zero attached hydrogens (tertiary/aromatic N) is 2. The van der Waals surface area contributed by atoms with Crippen molar-refractivity contribution in [1.82, 2.24) is 10.3 Å². The highest BCUT2D eigenvalue weighted by Crippen LogP contribution is 2.34. The number of carbonyl (C=O) groups excluding carboxylic acids is 1. The number of rotatable bonds is 7. The van der Waals surface area contributed by atoms with Gasteiger partial charge < -0.3 is 15.7 Å². The van der Waals surface area contributed by atoms with Crippen LogP contribution < -0.4 is 10.6 Å². The number of benzene rings is 3. The summed E-state index contributed by atoms with van der Waals surface area (Å²) in [5.74, 6) is -1.44. The summed E-state index contributed by atoms with van der Waals surface area (Å²) >= 11 is 0. The zero-order valence-electron chi connectivity index (χ0n) is 21.7. The number of amides is 1. The molecule has 1 aromatic heterocycles. The molecule has 0 bridgehead atoms. The summed E-state index contributed by atoms with van der Waals surface area (Å²) in [6.45, 7) is 2.38. The first-order chi connectivity index (χ1) is 19.3. The third-order valence-corrected chi connectivity index (χ3v) is 6.80. The Hall–Kier alpha value is -4.50. The van der Waals surface area contributed by atoms with Gasteiger partial charge in [-0.1, -0.05) is 18.2 Å². The van der Waals surface area contributed by atoms with Gasteiger partial charge in [-0.3, -0.25) is 14.8 Å². The van der Waals surface area contributed by atoms with Crippen LogP contribution in [-0.4, -0.2) is 34.5 Å². The van der Waals surface area contributed by atoms with E-state index in [0.29, 0.717) is 25.2 Å². The number of carbonyl (C=O) groups is 1. The van der Waals surface area contributed by atoms with Gasteiger partial charge in [-0.25, -0.2) is 13.2 Å². The lowest BCUT2D eigenvalue weighted by Crippen LogP contribution is -2.34. The number of pyridine rings is 1. The lowest BCUT2D eigenvalue weighted by Gasteiger charge is -2.19. The third kappa shape index (κ3) is 6.21. The Bertz CT molecular complexity index is 1560. The number of aliphatic hydroxyl groups is 1. The number of halogens is 3. The molecule has 1 aliphatic carbocycles. The number of aromatic nitrogens is 1. The third-order valence-electron chi connectivity index (χ3n) is 6.80. The maximum atomic E-state index is 14.1. The fourth-order valence-electron chi connectivity index (χ4n) is 4.73. The highest BCUT2D eigenvalue weighted by atomic mass is 19.1. The number of anilines is 1. The molecule has 40 heavy (non-hydrogen) atoms. The number of aliphatic imine (C=N–C) groups is 1. The summed E-state index contributed by atoms with van der Waals surface area (Å²) in [4.78, 5) is 21.7. The van der Waals surface area contributed by atoms with Crippen molar-refractivity contribution in [3.8, 4) is 11.3 Å². The Kier molecular flexibility index (Phi) is 7.93. The second-order valence-electron chi connectivity index (χ2n) is 9.66. The molecule has 0 fully saturated rings. The average Bonchev–Trinajstić information content (AvgIpc) is 3.24. The molecule has 4 aromatic rings. The number of aliphatic hydroxyl groups excluding tert-OH is 1. The molecule has 6 nitrogen and oxygen atoms in total. The van der Waals surface area contributed by atoms with Gasteiger partial charge in [0.25, 0.3) is 5.91 Å². The molecular formula is C31H27F3N4O2. The molecule has 1 amide bonds. The molecule has 1 aliphatic rings. The van der Waals surface area contributed by atoms with E-state index in [2.05, 4.69) is 20.6 Å². The van der Waals surface area contributed by atoms with Crippen molar-refractivity contribution in [3.63, 3.8) is 0 Å². The molecule has 0 saturated carbocycles. The standard InChI is InChI=1S/C31H27F3N4O2/c1-18(35-13-12-19-2-6-22(32)7-3-19)37-24-9-4-20-14-29(39)30(26(20)16-24)38-31(40)21-5-11-28(36-17-21)25-10-8-23(33)15-27(25)34/h2-11,15-17,29-30,39H,12-14H2,1H3,(H,35,37)(H,38,40)/t29-,30-/m1/s1. The molecular weight excluding hydrogens is 517 g/mol. The van der Waals surface area contributed by atoms with Crippen LogP contribution in [0, 0.1) is 17.5 Å². The molecule has 0 unspecified atom stereocenters. The summed E-state index contributed by atoms with van der Waals surface area (Å²) in [7, 11) is 0. The van der Waals surface area contributed by atoms with Crippen molar-refractivity contribution >= 4 is 17.4 Å². The van der Waals surface area contributed by atoms with Crippen LogP contribution in [0.3, 0.4) is 0 Å². The Labute approximate surface area is 229 Å². The van der Waals surface area contributed by atoms with Crippen LogP contribution in [0.2, 0.25) is 0 Å². The molecule has 0 saturated heterocycles. The van der Waals surface area contributed by atoms with Crippen LogP contribution in [0.4, 0.5) is 18.9 Å². The zero-order chi connectivity index (χ0) is 28.2. The minimum Gasteiger partial charge on any atom is -0.390 e. The van der Waals surface area contributed by atoms with Gasteiger partial charge in [0.2, 0.25) is 0 Å². The largest absolute Gasteiger partial charge is 0.390 e. The van der Waals surface area contributed by atoms with E-state index in [1.54, 1.807) is 12.1 Å². The van der Waals surface area contributed by atoms with Gasteiger partial charge in [-0.15, -0.1) is 0 Å². The predicted molar refractivity (Wildman–Crippen MR) is 148 cm³/mol. The molecule has 0 aliphatic heterocycles. The fraction of sp³-hybridized carbons (Fsp3) is 0.194. The van der Waals surface area contributed by atoms with Gasteiger partial charge in [-0.05, 0) is 78.6 Å². The quantitative estimate of drug-likeness (QED) is 0.208. The van der Waals surface area contributed by atoms with Crippen molar-refractivity contribution in [1.29, 1.82) is 0 Å². The van der Waals surface area contributed by atoms with E-state index in [1.807, 2.05) is 25.1 Å². The topological polar surface area (TPSA) is 86.6 Å². The second-order valence-corrected chi connectivity index (χ2v) is 9.66. The molecule has 1 heterocycles. The zero-order valence-corrected chi connectivity index (χ0v) is 21.7. The Balaban J connectivity index is 1.24. The molecule has 204 valence electrons. The Morgan fingerprint density at radius 3 is 2.50 bits per heavy atom. The van der Waals surface area contributed by atoms with Crippen molar-refractivity contribution in [2.24, 2.45) is 4.99 Å². The van der Waals surface area contributed by atoms with E-state index in [1.165, 1.54) is 36.5 Å². The lowest BCUT2D eigenvalue weighted by molar-refractivity contribution is 0.0858. The van der Waals surface area contributed by atoms with Gasteiger partial charge in [0.05, 0.1) is 29.2 Å². The molecule has 0 radical (unpaired) electrons. The van der Waals surface area contributed by atoms with Crippen LogP contribution in [0.15, 0.2) is 84.0 Å². The lowest BCUT2D eigenvalue weighted by atomic mass is 10.1. The minimum atomic E-state index is -0.805. The maximum absolute atomic E-state index is 14.1. The monoisotopic (exact) mass is 544 g/mol. The number of hydrogen-bond acceptors (Lipinski definition) is 4. The molecule has 3 N–H and O–H groups in total. The summed E-state index contributed by atoms with van der Waals surface area (Å²) < 4.78 is 40.4. The number of nitrogens with one attached hydrogen (secondary N) is 2. The predicted octanol–water partition coefficient (Wildman–Crippen LogP) is 5.63. The first kappa shape index (κ1) is 27.1. The number of amidine groups is 1. The molecule has 9 heteroatoms. The van der Waals surface area contributed by atoms with Crippen LogP contribution >= 0.6 is 0 Å². The van der Waals surface area contributed by atoms with E-state index >= 15 is 0 Å². The van der Waals surface area contributed by atoms with Gasteiger partial charge in [-0.2, -0.15) is 0 Å². The van der Waals surface area contributed by atoms with E-state index < -0.39 is 29.7 Å². The second kappa shape index (κ2) is 11.7. The van der Waals surface area contributed by atoms with E-state index in [9.17, 15) is 23.1 Å². The number of hydrogen-bond donors (Lipinski definition) is 3. The molecule has 2 atom stereocenters. The molecule has 3 aromatic carbocycles. The molecule has 5 rings (SSSR count). The fourth-order valence-corrected chi connectivity index (χ4v) is 4.73. The van der Waals surface area contributed by atoms with Crippen molar-refractivity contribution in [2.75, 3.05) is 11.9 Å². The molecule has 0 spiro atoms. The van der Waals surface area contributed by atoms with Crippen LogP contribution in [-0.2, 0) is 12.8 Å². The van der Waals surface area contributed by atoms with Crippen molar-refractivity contribution < 1.29 is 23.1 Å². The minimum absolute atomic E-state index is 0.128. The van der Waals surface area contributed by atoms with Crippen LogP contribution in [0.25, 0.3) is 11.3 Å². The highest BCUT2D eigenvalue weighted by molar-refractivity contribution is 5.95. The summed E-state index contributed by atoms with van der Waals surface area (Å²) in [5, 5.41) is 16.8. The first-order valence-corrected chi connectivity index (χ1v) is 12.8. The van der Waals surface area contributed by atoms with E-state index in [-0.39, 0.29) is 22.6 Å². The van der Waals surface area contributed by atoms with Crippen LogP contribution in [0.1, 0.15) is 40.0 Å². The van der Waals surface area contributed by atoms with Gasteiger partial charge >= 0.3 is 0 Å². The SMILES string of the molecule is CC(=NCCc1ccc(F)cc1)Nc1ccc2c(c1)[C@@H](NC(=O)c1ccc(-c3ccc(F)cc3F)nc1)[C@H](O)C2. The normalized spacial score (nSPS) is 16.5. The summed E-state index contributed by atoms with van der Waals surface area (Å²) in [6, 6.07) is 17.6. The average molecular weight is 545 g/mol. The van der Waals surface area contributed by atoms with E-state index in [0.717, 1.165) is 34.5 Å². The maximum Gasteiger partial charge on any atom is 0.253 e. The first-order valence-electron chi connectivity index (χ1n) is 12.8. The highest BCUT2D eigenvalue weighted by Gasteiger charge is 2.32. The van der Waals surface area contributed by atoms with Gasteiger partial charge in [0, 0.05) is 36.5 Å².